The quantitative estimate of drug-likeness (QED) is 0.669. The van der Waals surface area contributed by atoms with Gasteiger partial charge in [-0.05, 0) is 11.6 Å². The predicted octanol–water partition coefficient (Wildman–Crippen LogP) is 2.32. The zero-order valence-electron chi connectivity index (χ0n) is 13.3. The lowest BCUT2D eigenvalue weighted by Crippen LogP contribution is -2.30. The molecule has 0 aliphatic heterocycles. The van der Waals surface area contributed by atoms with E-state index in [-0.39, 0.29) is 24.0 Å². The van der Waals surface area contributed by atoms with Gasteiger partial charge < -0.3 is 10.1 Å². The van der Waals surface area contributed by atoms with Gasteiger partial charge in [0.05, 0.1) is 0 Å². The van der Waals surface area contributed by atoms with Gasteiger partial charge in [0, 0.05) is 12.3 Å². The van der Waals surface area contributed by atoms with E-state index in [2.05, 4.69) is 5.32 Å². The molecule has 0 aliphatic rings. The fourth-order valence-electron chi connectivity index (χ4n) is 1.48. The van der Waals surface area contributed by atoms with Crippen molar-refractivity contribution >= 4 is 23.7 Å². The first-order valence-electron chi connectivity index (χ1n) is 6.95. The number of Topliss-reactive ketones (excluding diaryl/α,β-unsaturated/α-hetero) is 1. The minimum absolute atomic E-state index is 0.000379. The Labute approximate surface area is 130 Å². The molecule has 0 saturated heterocycles. The fourth-order valence-corrected chi connectivity index (χ4v) is 1.48. The lowest BCUT2D eigenvalue weighted by Gasteiger charge is -2.16. The van der Waals surface area contributed by atoms with Crippen LogP contribution in [0.4, 0.5) is 0 Å². The van der Waals surface area contributed by atoms with Crippen LogP contribution in [0, 0.1) is 5.41 Å². The van der Waals surface area contributed by atoms with Gasteiger partial charge in [0.1, 0.15) is 5.70 Å². The average molecular weight is 303 g/mol. The summed E-state index contributed by atoms with van der Waals surface area (Å²) >= 11 is 0. The Morgan fingerprint density at radius 3 is 2.23 bits per heavy atom. The van der Waals surface area contributed by atoms with Gasteiger partial charge >= 0.3 is 5.97 Å². The number of carbonyl (C=O) groups is 3. The van der Waals surface area contributed by atoms with Crippen molar-refractivity contribution in [1.29, 1.82) is 0 Å². The number of ether oxygens (including phenoxy) is 1. The summed E-state index contributed by atoms with van der Waals surface area (Å²) in [7, 11) is 0. The maximum atomic E-state index is 12.1. The number of hydrogen-bond acceptors (Lipinski definition) is 4. The van der Waals surface area contributed by atoms with Crippen LogP contribution < -0.4 is 5.32 Å². The molecule has 1 aromatic rings. The van der Waals surface area contributed by atoms with Gasteiger partial charge in [-0.15, -0.1) is 0 Å². The number of amides is 1. The SMILES string of the molecule is CC(=O)N/C(=C\c1ccccc1)C(=O)OCC(=O)C(C)(C)C. The molecule has 0 unspecified atom stereocenters. The van der Waals surface area contributed by atoms with Crippen molar-refractivity contribution in [2.45, 2.75) is 27.7 Å². The molecule has 1 rings (SSSR count). The van der Waals surface area contributed by atoms with Crippen LogP contribution in [0.1, 0.15) is 33.3 Å². The third-order valence-corrected chi connectivity index (χ3v) is 2.81. The van der Waals surface area contributed by atoms with Gasteiger partial charge in [0.15, 0.2) is 12.4 Å². The summed E-state index contributed by atoms with van der Waals surface area (Å²) in [4.78, 5) is 35.1. The third kappa shape index (κ3) is 5.91. The molecule has 0 bridgehead atoms. The van der Waals surface area contributed by atoms with Crippen molar-refractivity contribution in [1.82, 2.24) is 5.32 Å². The summed E-state index contributed by atoms with van der Waals surface area (Å²) in [5.41, 5.74) is 0.156. The highest BCUT2D eigenvalue weighted by molar-refractivity contribution is 5.98. The molecule has 0 atom stereocenters. The van der Waals surface area contributed by atoms with E-state index in [0.29, 0.717) is 0 Å². The minimum atomic E-state index is -0.739. The first-order chi connectivity index (χ1) is 10.2. The molecule has 0 fully saturated rings. The Morgan fingerprint density at radius 1 is 1.14 bits per heavy atom. The monoisotopic (exact) mass is 303 g/mol. The fraction of sp³-hybridized carbons (Fsp3) is 0.353. The highest BCUT2D eigenvalue weighted by Gasteiger charge is 2.23. The summed E-state index contributed by atoms with van der Waals surface area (Å²) in [5.74, 6) is -1.32. The zero-order chi connectivity index (χ0) is 16.8. The van der Waals surface area contributed by atoms with Crippen molar-refractivity contribution in [3.8, 4) is 0 Å². The Morgan fingerprint density at radius 2 is 1.73 bits per heavy atom. The van der Waals surface area contributed by atoms with Crippen LogP contribution in [0.15, 0.2) is 36.0 Å². The second kappa shape index (κ2) is 7.54. The Bertz CT molecular complexity index is 582. The number of ketones is 1. The van der Waals surface area contributed by atoms with Crippen LogP contribution in [0.5, 0.6) is 0 Å². The second-order valence-corrected chi connectivity index (χ2v) is 5.90. The first kappa shape index (κ1) is 17.6. The average Bonchev–Trinajstić information content (AvgIpc) is 2.43. The lowest BCUT2D eigenvalue weighted by atomic mass is 9.91. The molecule has 118 valence electrons. The smallest absolute Gasteiger partial charge is 0.355 e. The van der Waals surface area contributed by atoms with Crippen LogP contribution in [-0.4, -0.2) is 24.3 Å². The van der Waals surface area contributed by atoms with Crippen molar-refractivity contribution in [2.75, 3.05) is 6.61 Å². The Hall–Kier alpha value is -2.43. The molecule has 1 amide bonds. The van der Waals surface area contributed by atoms with E-state index in [4.69, 9.17) is 4.74 Å². The van der Waals surface area contributed by atoms with Gasteiger partial charge in [-0.3, -0.25) is 9.59 Å². The topological polar surface area (TPSA) is 72.5 Å². The van der Waals surface area contributed by atoms with Crippen LogP contribution >= 0.6 is 0 Å². The van der Waals surface area contributed by atoms with Crippen molar-refractivity contribution in [3.63, 3.8) is 0 Å². The number of carbonyl (C=O) groups excluding carboxylic acids is 3. The van der Waals surface area contributed by atoms with Gasteiger partial charge in [-0.2, -0.15) is 0 Å². The maximum absolute atomic E-state index is 12.1. The molecule has 5 heteroatoms. The normalized spacial score (nSPS) is 11.7. The van der Waals surface area contributed by atoms with E-state index >= 15 is 0 Å². The Balaban J connectivity index is 2.84. The van der Waals surface area contributed by atoms with Gasteiger partial charge in [-0.1, -0.05) is 51.1 Å². The van der Waals surface area contributed by atoms with Crippen molar-refractivity contribution in [3.05, 3.63) is 41.6 Å². The largest absolute Gasteiger partial charge is 0.453 e. The van der Waals surface area contributed by atoms with E-state index in [1.165, 1.54) is 13.0 Å². The molecule has 22 heavy (non-hydrogen) atoms. The summed E-state index contributed by atoms with van der Waals surface area (Å²) in [6, 6.07) is 9.04. The summed E-state index contributed by atoms with van der Waals surface area (Å²) in [6.07, 6.45) is 1.51. The molecule has 0 saturated carbocycles. The molecule has 0 heterocycles. The van der Waals surface area contributed by atoms with E-state index in [9.17, 15) is 14.4 Å². The molecular weight excluding hydrogens is 282 g/mol. The molecule has 0 aromatic heterocycles. The first-order valence-corrected chi connectivity index (χ1v) is 6.95. The van der Waals surface area contributed by atoms with Gasteiger partial charge in [0.25, 0.3) is 0 Å². The molecule has 1 N–H and O–H groups in total. The van der Waals surface area contributed by atoms with Crippen LogP contribution in [-0.2, 0) is 19.1 Å². The summed E-state index contributed by atoms with van der Waals surface area (Å²) in [6.45, 7) is 6.22. The number of nitrogens with one attached hydrogen (secondary N) is 1. The number of esters is 1. The van der Waals surface area contributed by atoms with E-state index in [0.717, 1.165) is 5.56 Å². The molecule has 1 aromatic carbocycles. The second-order valence-electron chi connectivity index (χ2n) is 5.90. The number of benzene rings is 1. The molecular formula is C17H21NO4. The van der Waals surface area contributed by atoms with Crippen molar-refractivity contribution < 1.29 is 19.1 Å². The van der Waals surface area contributed by atoms with Gasteiger partial charge in [0.2, 0.25) is 5.91 Å². The van der Waals surface area contributed by atoms with E-state index < -0.39 is 11.4 Å². The Kier molecular flexibility index (Phi) is 6.04. The predicted molar refractivity (Wildman–Crippen MR) is 83.7 cm³/mol. The van der Waals surface area contributed by atoms with Crippen molar-refractivity contribution in [2.24, 2.45) is 5.41 Å². The number of rotatable bonds is 5. The van der Waals surface area contributed by atoms with E-state index in [1.54, 1.807) is 32.9 Å². The summed E-state index contributed by atoms with van der Waals surface area (Å²) in [5, 5.41) is 2.43. The number of hydrogen-bond donors (Lipinski definition) is 1. The van der Waals surface area contributed by atoms with Crippen LogP contribution in [0.25, 0.3) is 6.08 Å². The van der Waals surface area contributed by atoms with Gasteiger partial charge in [-0.25, -0.2) is 4.79 Å². The van der Waals surface area contributed by atoms with E-state index in [1.807, 2.05) is 18.2 Å². The summed E-state index contributed by atoms with van der Waals surface area (Å²) < 4.78 is 4.99. The maximum Gasteiger partial charge on any atom is 0.355 e. The highest BCUT2D eigenvalue weighted by atomic mass is 16.5. The highest BCUT2D eigenvalue weighted by Crippen LogP contribution is 2.15. The minimum Gasteiger partial charge on any atom is -0.453 e. The molecule has 0 spiro atoms. The molecule has 5 nitrogen and oxygen atoms in total. The standard InChI is InChI=1S/C17H21NO4/c1-12(19)18-14(10-13-8-6-5-7-9-13)16(21)22-11-15(20)17(2,3)4/h5-10H,11H2,1-4H3,(H,18,19)/b14-10-. The molecule has 0 radical (unpaired) electrons. The molecule has 0 aliphatic carbocycles. The van der Waals surface area contributed by atoms with Crippen LogP contribution in [0.3, 0.4) is 0 Å². The van der Waals surface area contributed by atoms with Crippen LogP contribution in [0.2, 0.25) is 0 Å². The third-order valence-electron chi connectivity index (χ3n) is 2.81. The lowest BCUT2D eigenvalue weighted by molar-refractivity contribution is -0.147. The zero-order valence-corrected chi connectivity index (χ0v) is 13.3.